The molecule has 2 atom stereocenters. The molecular weight excluding hydrogens is 725 g/mol. The second-order valence-electron chi connectivity index (χ2n) is 17.8. The Balaban J connectivity index is 1.21. The van der Waals surface area contributed by atoms with Crippen LogP contribution in [0.3, 0.4) is 0 Å². The third-order valence-electron chi connectivity index (χ3n) is 10.5. The van der Waals surface area contributed by atoms with Gasteiger partial charge >= 0.3 is 11.9 Å². The standard InChI is InChI=1S/C42H52N6O5Si2/c1-41(2)34-22-23-42(41,3)35(49)33(34)24-27-10-16-30(17-11-27)43-38-46-39(44-31-18-12-28(13-19-31)36(50)52-25-54(4,5)6)48-40(47-38)45-32-20-14-29(15-21-32)37(51)53-26-55(7,8)9/h10-21,24,34H,22-23,25-26H2,1-9H3,(H3,43,44,45,46,47,48)/b33-24+. The van der Waals surface area contributed by atoms with Crippen molar-refractivity contribution >= 4 is 74.9 Å². The highest BCUT2D eigenvalue weighted by atomic mass is 28.3. The molecule has 1 heterocycles. The number of aromatic nitrogens is 3. The van der Waals surface area contributed by atoms with E-state index in [9.17, 15) is 14.4 Å². The highest BCUT2D eigenvalue weighted by Gasteiger charge is 2.63. The average Bonchev–Trinajstić information content (AvgIpc) is 3.43. The van der Waals surface area contributed by atoms with Crippen LogP contribution in [-0.4, -0.2) is 61.3 Å². The molecule has 55 heavy (non-hydrogen) atoms. The van der Waals surface area contributed by atoms with E-state index in [1.54, 1.807) is 48.5 Å². The Bertz CT molecular complexity index is 2010. The minimum atomic E-state index is -1.55. The number of nitrogens with zero attached hydrogens (tertiary/aromatic N) is 3. The summed E-state index contributed by atoms with van der Waals surface area (Å²) in [4.78, 5) is 52.5. The van der Waals surface area contributed by atoms with Gasteiger partial charge in [-0.15, -0.1) is 0 Å². The first-order chi connectivity index (χ1) is 25.8. The lowest BCUT2D eigenvalue weighted by Gasteiger charge is -2.31. The summed E-state index contributed by atoms with van der Waals surface area (Å²) >= 11 is 0. The maximum Gasteiger partial charge on any atom is 0.337 e. The molecule has 2 aliphatic carbocycles. The van der Waals surface area contributed by atoms with Crippen molar-refractivity contribution in [2.24, 2.45) is 16.7 Å². The average molecular weight is 777 g/mol. The molecular formula is C42H52N6O5Si2. The Kier molecular flexibility index (Phi) is 10.9. The third kappa shape index (κ3) is 9.22. The predicted molar refractivity (Wildman–Crippen MR) is 224 cm³/mol. The fraction of sp³-hybridized carbons (Fsp3) is 0.381. The number of allylic oxidation sites excluding steroid dienone is 1. The Morgan fingerprint density at radius 3 is 1.40 bits per heavy atom. The summed E-state index contributed by atoms with van der Waals surface area (Å²) < 4.78 is 11.0. The Hall–Kier alpha value is -5.15. The monoisotopic (exact) mass is 776 g/mol. The van der Waals surface area contributed by atoms with Crippen molar-refractivity contribution in [3.63, 3.8) is 0 Å². The zero-order chi connectivity index (χ0) is 39.8. The molecule has 0 aliphatic heterocycles. The van der Waals surface area contributed by atoms with E-state index >= 15 is 0 Å². The highest BCUT2D eigenvalue weighted by Crippen LogP contribution is 2.65. The lowest BCUT2D eigenvalue weighted by molar-refractivity contribution is -0.125. The molecule has 2 saturated carbocycles. The fourth-order valence-corrected chi connectivity index (χ4v) is 8.11. The van der Waals surface area contributed by atoms with Crippen LogP contribution in [0.4, 0.5) is 34.9 Å². The Morgan fingerprint density at radius 1 is 0.673 bits per heavy atom. The number of fused-ring (bicyclic) bond motifs is 2. The molecule has 6 rings (SSSR count). The van der Waals surface area contributed by atoms with Crippen molar-refractivity contribution in [3.05, 3.63) is 95.1 Å². The molecule has 2 bridgehead atoms. The summed E-state index contributed by atoms with van der Waals surface area (Å²) in [5.41, 5.74) is 4.53. The van der Waals surface area contributed by atoms with E-state index in [0.717, 1.165) is 29.7 Å². The lowest BCUT2D eigenvalue weighted by atomic mass is 9.70. The number of esters is 2. The van der Waals surface area contributed by atoms with Crippen LogP contribution < -0.4 is 16.0 Å². The van der Waals surface area contributed by atoms with Gasteiger partial charge in [-0.2, -0.15) is 15.0 Å². The molecule has 0 saturated heterocycles. The number of ketones is 1. The molecule has 0 spiro atoms. The van der Waals surface area contributed by atoms with Crippen LogP contribution >= 0.6 is 0 Å². The minimum Gasteiger partial charge on any atom is -0.466 e. The van der Waals surface area contributed by atoms with Crippen LogP contribution in [0.2, 0.25) is 39.3 Å². The number of nitrogens with one attached hydrogen (secondary N) is 3. The van der Waals surface area contributed by atoms with Gasteiger partial charge in [0, 0.05) is 22.5 Å². The third-order valence-corrected chi connectivity index (χ3v) is 12.5. The van der Waals surface area contributed by atoms with Gasteiger partial charge in [0.25, 0.3) is 0 Å². The first-order valence-electron chi connectivity index (χ1n) is 18.8. The van der Waals surface area contributed by atoms with Gasteiger partial charge in [0.05, 0.1) is 39.7 Å². The molecule has 0 radical (unpaired) electrons. The summed E-state index contributed by atoms with van der Waals surface area (Å²) in [6.07, 6.45) is 4.93. The number of rotatable bonds is 13. The molecule has 2 unspecified atom stereocenters. The normalized spacial score (nSPS) is 19.6. The zero-order valence-electron chi connectivity index (χ0n) is 33.3. The van der Waals surface area contributed by atoms with Crippen molar-refractivity contribution in [1.29, 1.82) is 0 Å². The van der Waals surface area contributed by atoms with Crippen LogP contribution in [0.15, 0.2) is 78.4 Å². The van der Waals surface area contributed by atoms with Gasteiger partial charge in [-0.3, -0.25) is 4.79 Å². The van der Waals surface area contributed by atoms with Crippen LogP contribution in [0.1, 0.15) is 59.9 Å². The summed E-state index contributed by atoms with van der Waals surface area (Å²) in [7, 11) is -3.09. The number of carbonyl (C=O) groups excluding carboxylic acids is 3. The number of carbonyl (C=O) groups is 3. The molecule has 288 valence electrons. The minimum absolute atomic E-state index is 0.0456. The molecule has 2 fully saturated rings. The molecule has 2 aliphatic rings. The van der Waals surface area contributed by atoms with Crippen molar-refractivity contribution in [1.82, 2.24) is 15.0 Å². The smallest absolute Gasteiger partial charge is 0.337 e. The molecule has 4 aromatic rings. The quantitative estimate of drug-likeness (QED) is 0.0678. The van der Waals surface area contributed by atoms with Gasteiger partial charge < -0.3 is 25.4 Å². The number of benzene rings is 3. The molecule has 13 heteroatoms. The van der Waals surface area contributed by atoms with Gasteiger partial charge in [0.1, 0.15) is 0 Å². The molecule has 0 amide bonds. The second kappa shape index (κ2) is 15.2. The summed E-state index contributed by atoms with van der Waals surface area (Å²) in [6, 6.07) is 21.7. The van der Waals surface area contributed by atoms with Crippen LogP contribution in [0, 0.1) is 16.7 Å². The lowest BCUT2D eigenvalue weighted by Crippen LogP contribution is -2.32. The van der Waals surface area contributed by atoms with Crippen molar-refractivity contribution in [2.75, 3.05) is 28.4 Å². The number of ether oxygens (including phenoxy) is 2. The van der Waals surface area contributed by atoms with E-state index in [0.29, 0.717) is 35.0 Å². The maximum absolute atomic E-state index is 13.4. The zero-order valence-corrected chi connectivity index (χ0v) is 35.3. The van der Waals surface area contributed by atoms with E-state index in [1.165, 1.54) is 0 Å². The van der Waals surface area contributed by atoms with Crippen LogP contribution in [0.25, 0.3) is 6.08 Å². The summed E-state index contributed by atoms with van der Waals surface area (Å²) in [6.45, 7) is 19.4. The SMILES string of the molecule is CC12CCC(/C(=C\c3ccc(Nc4nc(Nc5ccc(C(=O)OC[Si](C)(C)C)cc5)nc(Nc5ccc(C(=O)OC[Si](C)(C)C)cc5)n4)cc3)C1=O)C2(C)C. The Morgan fingerprint density at radius 2 is 1.05 bits per heavy atom. The van der Waals surface area contributed by atoms with Crippen LogP contribution in [-0.2, 0) is 14.3 Å². The highest BCUT2D eigenvalue weighted by molar-refractivity contribution is 6.76. The van der Waals surface area contributed by atoms with E-state index in [1.807, 2.05) is 30.3 Å². The van der Waals surface area contributed by atoms with Crippen molar-refractivity contribution in [3.8, 4) is 0 Å². The van der Waals surface area contributed by atoms with Gasteiger partial charge in [-0.25, -0.2) is 9.59 Å². The number of hydrogen-bond acceptors (Lipinski definition) is 11. The Labute approximate surface area is 325 Å². The summed E-state index contributed by atoms with van der Waals surface area (Å²) in [5, 5.41) is 9.73. The molecule has 11 nitrogen and oxygen atoms in total. The first kappa shape index (κ1) is 39.5. The molecule has 3 aromatic carbocycles. The van der Waals surface area contributed by atoms with Gasteiger partial charge in [-0.05, 0) is 102 Å². The second-order valence-corrected chi connectivity index (χ2v) is 28.6. The maximum atomic E-state index is 13.4. The van der Waals surface area contributed by atoms with Gasteiger partial charge in [0.2, 0.25) is 17.8 Å². The summed E-state index contributed by atoms with van der Waals surface area (Å²) in [5.74, 6) is 0.622. The number of Topliss-reactive ketones (excluding diaryl/α,β-unsaturated/α-hetero) is 1. The van der Waals surface area contributed by atoms with E-state index in [4.69, 9.17) is 9.47 Å². The van der Waals surface area contributed by atoms with Crippen molar-refractivity contribution < 1.29 is 23.9 Å². The molecule has 1 aromatic heterocycles. The van der Waals surface area contributed by atoms with E-state index in [-0.39, 0.29) is 52.3 Å². The largest absolute Gasteiger partial charge is 0.466 e. The van der Waals surface area contributed by atoms with E-state index in [2.05, 4.69) is 91.0 Å². The first-order valence-corrected chi connectivity index (χ1v) is 26.2. The van der Waals surface area contributed by atoms with Gasteiger partial charge in [0.15, 0.2) is 5.78 Å². The fourth-order valence-electron chi connectivity index (χ4n) is 6.98. The number of anilines is 6. The van der Waals surface area contributed by atoms with E-state index < -0.39 is 16.1 Å². The van der Waals surface area contributed by atoms with Crippen molar-refractivity contribution in [2.45, 2.75) is 72.9 Å². The topological polar surface area (TPSA) is 144 Å². The van der Waals surface area contributed by atoms with Crippen LogP contribution in [0.5, 0.6) is 0 Å². The number of hydrogen-bond donors (Lipinski definition) is 3. The molecule has 3 N–H and O–H groups in total. The van der Waals surface area contributed by atoms with Gasteiger partial charge in [-0.1, -0.05) is 72.2 Å². The predicted octanol–water partition coefficient (Wildman–Crippen LogP) is 9.58.